The summed E-state index contributed by atoms with van der Waals surface area (Å²) >= 11 is 0. The number of anilines is 1. The first-order valence-electron chi connectivity index (χ1n) is 5.87. The lowest BCUT2D eigenvalue weighted by molar-refractivity contribution is -0.385. The molecule has 1 aromatic heterocycles. The molecular formula is C11H13F3N4O3. The van der Waals surface area contributed by atoms with Crippen LogP contribution in [-0.2, 0) is 0 Å². The van der Waals surface area contributed by atoms with E-state index in [1.807, 2.05) is 0 Å². The minimum atomic E-state index is -4.56. The number of halogens is 3. The number of rotatable bonds is 5. The van der Waals surface area contributed by atoms with E-state index in [0.29, 0.717) is 4.90 Å². The van der Waals surface area contributed by atoms with E-state index in [1.165, 1.54) is 14.0 Å². The molecule has 0 saturated heterocycles. The average Bonchev–Trinajstić information content (AvgIpc) is 2.42. The largest absolute Gasteiger partial charge is 0.406 e. The molecule has 1 N–H and O–H groups in total. The Kier molecular flexibility index (Phi) is 5.06. The predicted molar refractivity (Wildman–Crippen MR) is 68.1 cm³/mol. The highest BCUT2D eigenvalue weighted by Crippen LogP contribution is 2.23. The van der Waals surface area contributed by atoms with Gasteiger partial charge >= 0.3 is 6.18 Å². The van der Waals surface area contributed by atoms with Crippen molar-refractivity contribution in [1.29, 1.82) is 0 Å². The number of nitrogens with one attached hydrogen (secondary N) is 1. The topological polar surface area (TPSA) is 88.4 Å². The Morgan fingerprint density at radius 2 is 2.14 bits per heavy atom. The first-order valence-corrected chi connectivity index (χ1v) is 5.87. The number of nitro groups is 1. The van der Waals surface area contributed by atoms with Crippen molar-refractivity contribution in [2.75, 3.05) is 25.5 Å². The molecule has 0 atom stereocenters. The summed E-state index contributed by atoms with van der Waals surface area (Å²) in [5, 5.41) is 13.2. The standard InChI is InChI=1S/C11H13F3N4O3/c1-3-17(6-11(12,13)14)10(19)8-4-7(18(20)21)5-16-9(8)15-2/h4-5H,3,6H2,1-2H3,(H,15,16). The summed E-state index contributed by atoms with van der Waals surface area (Å²) in [6, 6.07) is 0.903. The van der Waals surface area contributed by atoms with E-state index in [1.54, 1.807) is 0 Å². The molecule has 7 nitrogen and oxygen atoms in total. The van der Waals surface area contributed by atoms with Crippen LogP contribution < -0.4 is 5.32 Å². The normalized spacial score (nSPS) is 11.1. The summed E-state index contributed by atoms with van der Waals surface area (Å²) in [6.45, 7) is -0.244. The van der Waals surface area contributed by atoms with Gasteiger partial charge in [0.2, 0.25) is 0 Å². The van der Waals surface area contributed by atoms with Crippen molar-refractivity contribution >= 4 is 17.4 Å². The van der Waals surface area contributed by atoms with E-state index in [2.05, 4.69) is 10.3 Å². The lowest BCUT2D eigenvalue weighted by Crippen LogP contribution is -2.39. The monoisotopic (exact) mass is 306 g/mol. The fraction of sp³-hybridized carbons (Fsp3) is 0.455. The minimum Gasteiger partial charge on any atom is -0.372 e. The Balaban J connectivity index is 3.19. The van der Waals surface area contributed by atoms with Crippen molar-refractivity contribution in [1.82, 2.24) is 9.88 Å². The molecule has 1 rings (SSSR count). The molecule has 0 fully saturated rings. The van der Waals surface area contributed by atoms with E-state index < -0.39 is 29.2 Å². The summed E-state index contributed by atoms with van der Waals surface area (Å²) in [7, 11) is 1.41. The lowest BCUT2D eigenvalue weighted by atomic mass is 10.2. The molecule has 21 heavy (non-hydrogen) atoms. The number of carbonyl (C=O) groups is 1. The maximum absolute atomic E-state index is 12.4. The van der Waals surface area contributed by atoms with E-state index in [4.69, 9.17) is 0 Å². The molecule has 0 saturated carbocycles. The molecule has 0 aliphatic carbocycles. The Labute approximate surface area is 117 Å². The maximum Gasteiger partial charge on any atom is 0.406 e. The molecular weight excluding hydrogens is 293 g/mol. The number of carbonyl (C=O) groups excluding carboxylic acids is 1. The molecule has 1 heterocycles. The fourth-order valence-electron chi connectivity index (χ4n) is 1.63. The molecule has 1 amide bonds. The van der Waals surface area contributed by atoms with Gasteiger partial charge in [-0.1, -0.05) is 0 Å². The van der Waals surface area contributed by atoms with Crippen LogP contribution in [0.15, 0.2) is 12.3 Å². The van der Waals surface area contributed by atoms with Gasteiger partial charge in [0.25, 0.3) is 11.6 Å². The van der Waals surface area contributed by atoms with Crippen molar-refractivity contribution in [2.24, 2.45) is 0 Å². The molecule has 0 aliphatic heterocycles. The summed E-state index contributed by atoms with van der Waals surface area (Å²) in [4.78, 5) is 26.3. The van der Waals surface area contributed by atoms with Gasteiger partial charge in [-0.3, -0.25) is 14.9 Å². The van der Waals surface area contributed by atoms with E-state index in [9.17, 15) is 28.1 Å². The van der Waals surface area contributed by atoms with Gasteiger partial charge in [0.15, 0.2) is 0 Å². The van der Waals surface area contributed by atoms with Gasteiger partial charge in [-0.05, 0) is 6.92 Å². The van der Waals surface area contributed by atoms with Gasteiger partial charge in [0.1, 0.15) is 18.6 Å². The molecule has 0 radical (unpaired) electrons. The van der Waals surface area contributed by atoms with Crippen molar-refractivity contribution < 1.29 is 22.9 Å². The summed E-state index contributed by atoms with van der Waals surface area (Å²) in [5.74, 6) is -0.999. The van der Waals surface area contributed by atoms with Crippen LogP contribution in [0.2, 0.25) is 0 Å². The number of hydrogen-bond acceptors (Lipinski definition) is 5. The Bertz CT molecular complexity index is 548. The van der Waals surface area contributed by atoms with Crippen LogP contribution in [0.1, 0.15) is 17.3 Å². The number of pyridine rings is 1. The molecule has 0 unspecified atom stereocenters. The van der Waals surface area contributed by atoms with Crippen LogP contribution in [0.5, 0.6) is 0 Å². The Hall–Kier alpha value is -2.39. The summed E-state index contributed by atoms with van der Waals surface area (Å²) < 4.78 is 37.3. The van der Waals surface area contributed by atoms with Crippen molar-refractivity contribution in [3.8, 4) is 0 Å². The second-order valence-corrected chi connectivity index (χ2v) is 4.03. The molecule has 0 bridgehead atoms. The molecule has 0 aromatic carbocycles. The Morgan fingerprint density at radius 3 is 2.57 bits per heavy atom. The third-order valence-corrected chi connectivity index (χ3v) is 2.59. The highest BCUT2D eigenvalue weighted by Gasteiger charge is 2.33. The summed E-state index contributed by atoms with van der Waals surface area (Å²) in [5.41, 5.74) is -0.752. The number of alkyl halides is 3. The van der Waals surface area contributed by atoms with Crippen molar-refractivity contribution in [3.05, 3.63) is 27.9 Å². The van der Waals surface area contributed by atoms with Crippen LogP contribution in [-0.4, -0.2) is 47.0 Å². The zero-order chi connectivity index (χ0) is 16.2. The molecule has 0 aliphatic rings. The quantitative estimate of drug-likeness (QED) is 0.664. The fourth-order valence-corrected chi connectivity index (χ4v) is 1.63. The van der Waals surface area contributed by atoms with Crippen LogP contribution in [0.3, 0.4) is 0 Å². The first kappa shape index (κ1) is 16.7. The van der Waals surface area contributed by atoms with Crippen LogP contribution in [0, 0.1) is 10.1 Å². The third-order valence-electron chi connectivity index (χ3n) is 2.59. The van der Waals surface area contributed by atoms with Crippen molar-refractivity contribution in [2.45, 2.75) is 13.1 Å². The van der Waals surface area contributed by atoms with Gasteiger partial charge in [-0.2, -0.15) is 13.2 Å². The predicted octanol–water partition coefficient (Wildman–Crippen LogP) is 2.06. The van der Waals surface area contributed by atoms with Gasteiger partial charge in [-0.25, -0.2) is 4.98 Å². The number of amides is 1. The lowest BCUT2D eigenvalue weighted by Gasteiger charge is -2.23. The smallest absolute Gasteiger partial charge is 0.372 e. The summed E-state index contributed by atoms with van der Waals surface area (Å²) in [6.07, 6.45) is -3.64. The number of aromatic nitrogens is 1. The number of hydrogen-bond donors (Lipinski definition) is 1. The molecule has 116 valence electrons. The van der Waals surface area contributed by atoms with Crippen LogP contribution in [0.25, 0.3) is 0 Å². The minimum absolute atomic E-state index is 0.0220. The second-order valence-electron chi connectivity index (χ2n) is 4.03. The van der Waals surface area contributed by atoms with Crippen molar-refractivity contribution in [3.63, 3.8) is 0 Å². The van der Waals surface area contributed by atoms with Gasteiger partial charge in [-0.15, -0.1) is 0 Å². The van der Waals surface area contributed by atoms with E-state index in [-0.39, 0.29) is 17.9 Å². The maximum atomic E-state index is 12.4. The van der Waals surface area contributed by atoms with Gasteiger partial charge in [0.05, 0.1) is 10.5 Å². The third kappa shape index (κ3) is 4.29. The Morgan fingerprint density at radius 1 is 1.52 bits per heavy atom. The van der Waals surface area contributed by atoms with E-state index >= 15 is 0 Å². The van der Waals surface area contributed by atoms with Gasteiger partial charge in [0, 0.05) is 19.7 Å². The van der Waals surface area contributed by atoms with E-state index in [0.717, 1.165) is 12.3 Å². The molecule has 1 aromatic rings. The second kappa shape index (κ2) is 6.37. The zero-order valence-electron chi connectivity index (χ0n) is 11.3. The van der Waals surface area contributed by atoms with Gasteiger partial charge < -0.3 is 10.2 Å². The highest BCUT2D eigenvalue weighted by atomic mass is 19.4. The molecule has 10 heteroatoms. The van der Waals surface area contributed by atoms with Crippen LogP contribution in [0.4, 0.5) is 24.7 Å². The highest BCUT2D eigenvalue weighted by molar-refractivity contribution is 5.99. The average molecular weight is 306 g/mol. The zero-order valence-corrected chi connectivity index (χ0v) is 11.3. The van der Waals surface area contributed by atoms with Crippen LogP contribution >= 0.6 is 0 Å². The number of nitrogens with zero attached hydrogens (tertiary/aromatic N) is 3. The SMILES string of the molecule is CCN(CC(F)(F)F)C(=O)c1cc([N+](=O)[O-])cnc1NC. The first-order chi connectivity index (χ1) is 9.69. The molecule has 0 spiro atoms.